The lowest BCUT2D eigenvalue weighted by atomic mass is 10.1. The molecule has 5 nitrogen and oxygen atoms in total. The van der Waals surface area contributed by atoms with E-state index in [9.17, 15) is 9.59 Å². The molecule has 0 radical (unpaired) electrons. The molecule has 92 valence electrons. The lowest BCUT2D eigenvalue weighted by Gasteiger charge is -2.29. The fourth-order valence-corrected chi connectivity index (χ4v) is 1.64. The number of imide groups is 1. The number of likely N-dealkylation sites (tertiary alicyclic amines) is 1. The Morgan fingerprint density at radius 2 is 1.94 bits per heavy atom. The molecule has 3 amide bonds. The standard InChI is InChI=1S/C10H18ClN3O2/c1-7(11)9(15)13-10(16)12-8-3-5-14(2)6-4-8/h7-8H,3-6H2,1-2H3,(H2,12,13,15,16). The lowest BCUT2D eigenvalue weighted by Crippen LogP contribution is -2.49. The highest BCUT2D eigenvalue weighted by Crippen LogP contribution is 2.07. The van der Waals surface area contributed by atoms with Crippen molar-refractivity contribution in [3.63, 3.8) is 0 Å². The molecular formula is C10H18ClN3O2. The van der Waals surface area contributed by atoms with E-state index in [1.54, 1.807) is 0 Å². The maximum absolute atomic E-state index is 11.4. The van der Waals surface area contributed by atoms with Crippen LogP contribution in [0.2, 0.25) is 0 Å². The molecule has 1 rings (SSSR count). The highest BCUT2D eigenvalue weighted by Gasteiger charge is 2.20. The first-order chi connectivity index (χ1) is 7.49. The fourth-order valence-electron chi connectivity index (χ4n) is 1.59. The summed E-state index contributed by atoms with van der Waals surface area (Å²) in [6.45, 7) is 3.45. The van der Waals surface area contributed by atoms with E-state index in [0.29, 0.717) is 0 Å². The Morgan fingerprint density at radius 1 is 1.38 bits per heavy atom. The zero-order valence-electron chi connectivity index (χ0n) is 9.62. The maximum Gasteiger partial charge on any atom is 0.321 e. The van der Waals surface area contributed by atoms with Gasteiger partial charge in [-0.05, 0) is 39.9 Å². The molecule has 2 N–H and O–H groups in total. The van der Waals surface area contributed by atoms with Crippen molar-refractivity contribution in [2.24, 2.45) is 0 Å². The summed E-state index contributed by atoms with van der Waals surface area (Å²) in [4.78, 5) is 24.7. The Morgan fingerprint density at radius 3 is 2.44 bits per heavy atom. The summed E-state index contributed by atoms with van der Waals surface area (Å²) in [5.41, 5.74) is 0. The predicted molar refractivity (Wildman–Crippen MR) is 62.5 cm³/mol. The minimum atomic E-state index is -0.691. The zero-order valence-corrected chi connectivity index (χ0v) is 10.4. The van der Waals surface area contributed by atoms with Crippen LogP contribution in [-0.2, 0) is 4.79 Å². The number of amides is 3. The van der Waals surface area contributed by atoms with Gasteiger partial charge in [-0.2, -0.15) is 0 Å². The van der Waals surface area contributed by atoms with E-state index in [-0.39, 0.29) is 6.04 Å². The van der Waals surface area contributed by atoms with E-state index < -0.39 is 17.3 Å². The Hall–Kier alpha value is -0.810. The van der Waals surface area contributed by atoms with Crippen molar-refractivity contribution in [1.29, 1.82) is 0 Å². The first-order valence-electron chi connectivity index (χ1n) is 5.43. The number of nitrogens with one attached hydrogen (secondary N) is 2. The van der Waals surface area contributed by atoms with Gasteiger partial charge >= 0.3 is 6.03 Å². The topological polar surface area (TPSA) is 61.4 Å². The minimum Gasteiger partial charge on any atom is -0.335 e. The van der Waals surface area contributed by atoms with Crippen LogP contribution in [-0.4, -0.2) is 48.4 Å². The summed E-state index contributed by atoms with van der Waals surface area (Å²) in [5.74, 6) is -0.466. The molecule has 0 aromatic heterocycles. The van der Waals surface area contributed by atoms with Gasteiger partial charge in [0, 0.05) is 6.04 Å². The maximum atomic E-state index is 11.4. The quantitative estimate of drug-likeness (QED) is 0.700. The third-order valence-electron chi connectivity index (χ3n) is 2.65. The monoisotopic (exact) mass is 247 g/mol. The van der Waals surface area contributed by atoms with Gasteiger partial charge in [-0.15, -0.1) is 11.6 Å². The van der Waals surface area contributed by atoms with Crippen LogP contribution in [0.15, 0.2) is 0 Å². The van der Waals surface area contributed by atoms with E-state index in [2.05, 4.69) is 22.6 Å². The summed E-state index contributed by atoms with van der Waals surface area (Å²) in [5, 5.41) is 4.28. The van der Waals surface area contributed by atoms with Crippen molar-refractivity contribution < 1.29 is 9.59 Å². The lowest BCUT2D eigenvalue weighted by molar-refractivity contribution is -0.119. The minimum absolute atomic E-state index is 0.148. The van der Waals surface area contributed by atoms with Crippen LogP contribution in [0.1, 0.15) is 19.8 Å². The molecule has 1 unspecified atom stereocenters. The van der Waals surface area contributed by atoms with E-state index in [0.717, 1.165) is 25.9 Å². The van der Waals surface area contributed by atoms with Crippen LogP contribution in [0.25, 0.3) is 0 Å². The molecule has 0 bridgehead atoms. The van der Waals surface area contributed by atoms with Crippen molar-refractivity contribution in [2.75, 3.05) is 20.1 Å². The van der Waals surface area contributed by atoms with E-state index >= 15 is 0 Å². The van der Waals surface area contributed by atoms with Gasteiger partial charge in [0.05, 0.1) is 0 Å². The molecule has 1 atom stereocenters. The van der Waals surface area contributed by atoms with Crippen LogP contribution < -0.4 is 10.6 Å². The van der Waals surface area contributed by atoms with Crippen molar-refractivity contribution in [1.82, 2.24) is 15.5 Å². The number of nitrogens with zero attached hydrogens (tertiary/aromatic N) is 1. The smallest absolute Gasteiger partial charge is 0.321 e. The third-order valence-corrected chi connectivity index (χ3v) is 2.85. The van der Waals surface area contributed by atoms with Crippen molar-refractivity contribution in [2.45, 2.75) is 31.2 Å². The first kappa shape index (κ1) is 13.3. The Bertz CT molecular complexity index is 263. The molecule has 6 heteroatoms. The second-order valence-corrected chi connectivity index (χ2v) is 4.81. The zero-order chi connectivity index (χ0) is 12.1. The molecule has 1 fully saturated rings. The number of hydrogen-bond acceptors (Lipinski definition) is 3. The van der Waals surface area contributed by atoms with Crippen LogP contribution in [0.5, 0.6) is 0 Å². The van der Waals surface area contributed by atoms with Gasteiger partial charge in [-0.25, -0.2) is 4.79 Å². The highest BCUT2D eigenvalue weighted by atomic mass is 35.5. The van der Waals surface area contributed by atoms with E-state index in [1.807, 2.05) is 0 Å². The molecule has 1 saturated heterocycles. The van der Waals surface area contributed by atoms with Crippen molar-refractivity contribution in [3.8, 4) is 0 Å². The van der Waals surface area contributed by atoms with Gasteiger partial charge < -0.3 is 10.2 Å². The molecule has 1 heterocycles. The molecule has 0 aromatic rings. The Kier molecular flexibility index (Phi) is 5.02. The number of hydrogen-bond donors (Lipinski definition) is 2. The van der Waals surface area contributed by atoms with Gasteiger partial charge in [0.15, 0.2) is 0 Å². The van der Waals surface area contributed by atoms with Gasteiger partial charge in [-0.1, -0.05) is 0 Å². The average Bonchev–Trinajstić information content (AvgIpc) is 2.21. The molecule has 1 aliphatic heterocycles. The van der Waals surface area contributed by atoms with E-state index in [4.69, 9.17) is 11.6 Å². The molecule has 16 heavy (non-hydrogen) atoms. The van der Waals surface area contributed by atoms with Gasteiger partial charge in [-0.3, -0.25) is 10.1 Å². The normalized spacial score (nSPS) is 20.2. The molecule has 0 saturated carbocycles. The Balaban J connectivity index is 2.26. The van der Waals surface area contributed by atoms with Crippen LogP contribution >= 0.6 is 11.6 Å². The number of alkyl halides is 1. The second kappa shape index (κ2) is 6.06. The number of carbonyl (C=O) groups is 2. The van der Waals surface area contributed by atoms with Crippen molar-refractivity contribution in [3.05, 3.63) is 0 Å². The van der Waals surface area contributed by atoms with Gasteiger partial charge in [0.2, 0.25) is 5.91 Å². The number of rotatable bonds is 2. The molecule has 1 aliphatic rings. The molecule has 0 aromatic carbocycles. The average molecular weight is 248 g/mol. The highest BCUT2D eigenvalue weighted by molar-refractivity contribution is 6.31. The summed E-state index contributed by atoms with van der Waals surface area (Å²) in [7, 11) is 2.05. The van der Waals surface area contributed by atoms with Crippen LogP contribution in [0, 0.1) is 0 Å². The Labute approximate surface area is 101 Å². The van der Waals surface area contributed by atoms with Crippen LogP contribution in [0.4, 0.5) is 4.79 Å². The van der Waals surface area contributed by atoms with E-state index in [1.165, 1.54) is 6.92 Å². The molecular weight excluding hydrogens is 230 g/mol. The van der Waals surface area contributed by atoms with Gasteiger partial charge in [0.25, 0.3) is 0 Å². The summed E-state index contributed by atoms with van der Waals surface area (Å²) < 4.78 is 0. The number of piperidine rings is 1. The number of carbonyl (C=O) groups excluding carboxylic acids is 2. The molecule has 0 aliphatic carbocycles. The molecule has 0 spiro atoms. The number of halogens is 1. The van der Waals surface area contributed by atoms with Crippen molar-refractivity contribution >= 4 is 23.5 Å². The fraction of sp³-hybridized carbons (Fsp3) is 0.800. The largest absolute Gasteiger partial charge is 0.335 e. The SMILES string of the molecule is CC(Cl)C(=O)NC(=O)NC1CCN(C)CC1. The number of urea groups is 1. The summed E-state index contributed by atoms with van der Waals surface area (Å²) in [6, 6.07) is -0.304. The van der Waals surface area contributed by atoms with Gasteiger partial charge in [0.1, 0.15) is 5.38 Å². The third kappa shape index (κ3) is 4.37. The first-order valence-corrected chi connectivity index (χ1v) is 5.86. The van der Waals surface area contributed by atoms with Crippen LogP contribution in [0.3, 0.4) is 0 Å². The second-order valence-electron chi connectivity index (χ2n) is 4.16. The predicted octanol–water partition coefficient (Wildman–Crippen LogP) is 0.534. The summed E-state index contributed by atoms with van der Waals surface area (Å²) >= 11 is 5.54. The summed E-state index contributed by atoms with van der Waals surface area (Å²) in [6.07, 6.45) is 1.82.